The average Bonchev–Trinajstić information content (AvgIpc) is 2.45. The Balaban J connectivity index is 1.60. The molecule has 0 bridgehead atoms. The number of hydrogen-bond donors (Lipinski definition) is 1. The predicted octanol–water partition coefficient (Wildman–Crippen LogP) is 2.46. The highest BCUT2D eigenvalue weighted by molar-refractivity contribution is 4.94. The van der Waals surface area contributed by atoms with Crippen LogP contribution in [0.3, 0.4) is 0 Å². The first kappa shape index (κ1) is 13.4. The van der Waals surface area contributed by atoms with Crippen LogP contribution in [0.1, 0.15) is 50.4 Å². The van der Waals surface area contributed by atoms with Crippen molar-refractivity contribution in [1.29, 1.82) is 0 Å². The van der Waals surface area contributed by atoms with Crippen LogP contribution >= 0.6 is 0 Å². The number of unbranched alkanes of at least 4 members (excludes halogenated alkanes) is 1. The van der Waals surface area contributed by atoms with Crippen molar-refractivity contribution >= 4 is 0 Å². The maximum Gasteiger partial charge on any atom is 0.144 e. The lowest BCUT2D eigenvalue weighted by Gasteiger charge is -2.21. The van der Waals surface area contributed by atoms with E-state index in [2.05, 4.69) is 9.97 Å². The quantitative estimate of drug-likeness (QED) is 0.787. The van der Waals surface area contributed by atoms with Gasteiger partial charge < -0.3 is 10.5 Å². The van der Waals surface area contributed by atoms with Crippen LogP contribution in [-0.2, 0) is 4.74 Å². The fourth-order valence-electron chi connectivity index (χ4n) is 2.46. The van der Waals surface area contributed by atoms with Crippen molar-refractivity contribution < 1.29 is 4.74 Å². The molecule has 18 heavy (non-hydrogen) atoms. The average molecular weight is 249 g/mol. The predicted molar refractivity (Wildman–Crippen MR) is 71.0 cm³/mol. The molecular formula is C14H23N3O. The first-order valence-corrected chi connectivity index (χ1v) is 6.96. The molecule has 1 aromatic rings. The van der Waals surface area contributed by atoms with Gasteiger partial charge in [0, 0.05) is 25.6 Å². The molecule has 1 fully saturated rings. The second-order valence-electron chi connectivity index (χ2n) is 5.05. The lowest BCUT2D eigenvalue weighted by molar-refractivity contribution is 0.0631. The summed E-state index contributed by atoms with van der Waals surface area (Å²) < 4.78 is 5.37. The summed E-state index contributed by atoms with van der Waals surface area (Å²) in [5.74, 6) is 1.63. The van der Waals surface area contributed by atoms with Crippen LogP contribution in [-0.4, -0.2) is 23.2 Å². The molecule has 4 nitrogen and oxygen atoms in total. The number of hydrogen-bond acceptors (Lipinski definition) is 4. The molecule has 0 radical (unpaired) electrons. The molecule has 100 valence electrons. The minimum absolute atomic E-state index is 0.0131. The zero-order chi connectivity index (χ0) is 12.6. The van der Waals surface area contributed by atoms with Gasteiger partial charge in [-0.15, -0.1) is 0 Å². The second-order valence-corrected chi connectivity index (χ2v) is 5.05. The van der Waals surface area contributed by atoms with Gasteiger partial charge in [-0.05, 0) is 31.2 Å². The Hall–Kier alpha value is -1.00. The summed E-state index contributed by atoms with van der Waals surface area (Å²) in [6, 6.07) is 1.81. The Morgan fingerprint density at radius 3 is 2.67 bits per heavy atom. The Kier molecular flexibility index (Phi) is 5.55. The van der Waals surface area contributed by atoms with Crippen LogP contribution in [0.25, 0.3) is 0 Å². The van der Waals surface area contributed by atoms with E-state index in [1.807, 2.05) is 6.07 Å². The van der Waals surface area contributed by atoms with Gasteiger partial charge in [-0.3, -0.25) is 0 Å². The minimum atomic E-state index is -0.0131. The standard InChI is InChI=1S/C14H23N3O/c15-13(14-16-8-3-9-17-14)5-2-1-4-12-6-10-18-11-7-12/h3,8-9,12-13H,1-2,4-7,10-11,15H2. The van der Waals surface area contributed by atoms with Crippen LogP contribution in [0.2, 0.25) is 0 Å². The summed E-state index contributed by atoms with van der Waals surface area (Å²) in [6.45, 7) is 1.89. The van der Waals surface area contributed by atoms with Crippen LogP contribution in [0.5, 0.6) is 0 Å². The fraction of sp³-hybridized carbons (Fsp3) is 0.714. The molecule has 2 rings (SSSR count). The lowest BCUT2D eigenvalue weighted by Crippen LogP contribution is -2.16. The molecule has 0 spiro atoms. The second kappa shape index (κ2) is 7.44. The van der Waals surface area contributed by atoms with Crippen LogP contribution < -0.4 is 5.73 Å². The number of ether oxygens (including phenoxy) is 1. The van der Waals surface area contributed by atoms with Gasteiger partial charge in [-0.1, -0.05) is 19.3 Å². The molecule has 1 aliphatic heterocycles. The molecule has 0 aliphatic carbocycles. The monoisotopic (exact) mass is 249 g/mol. The lowest BCUT2D eigenvalue weighted by atomic mass is 9.93. The van der Waals surface area contributed by atoms with Crippen molar-refractivity contribution in [2.24, 2.45) is 11.7 Å². The van der Waals surface area contributed by atoms with Gasteiger partial charge in [0.15, 0.2) is 0 Å². The number of rotatable bonds is 6. The minimum Gasteiger partial charge on any atom is -0.381 e. The van der Waals surface area contributed by atoms with Crippen molar-refractivity contribution in [3.05, 3.63) is 24.3 Å². The third kappa shape index (κ3) is 4.35. The third-order valence-electron chi connectivity index (χ3n) is 3.64. The van der Waals surface area contributed by atoms with Gasteiger partial charge >= 0.3 is 0 Å². The molecule has 0 saturated carbocycles. The maximum absolute atomic E-state index is 6.07. The van der Waals surface area contributed by atoms with E-state index < -0.39 is 0 Å². The summed E-state index contributed by atoms with van der Waals surface area (Å²) >= 11 is 0. The van der Waals surface area contributed by atoms with E-state index in [-0.39, 0.29) is 6.04 Å². The Morgan fingerprint density at radius 1 is 1.22 bits per heavy atom. The molecule has 0 amide bonds. The van der Waals surface area contributed by atoms with E-state index in [4.69, 9.17) is 10.5 Å². The van der Waals surface area contributed by atoms with Crippen LogP contribution in [0, 0.1) is 5.92 Å². The van der Waals surface area contributed by atoms with Crippen molar-refractivity contribution in [3.63, 3.8) is 0 Å². The number of nitrogens with two attached hydrogens (primary N) is 1. The van der Waals surface area contributed by atoms with Gasteiger partial charge in [-0.2, -0.15) is 0 Å². The molecule has 1 aliphatic rings. The SMILES string of the molecule is NC(CCCCC1CCOCC1)c1ncccn1. The number of nitrogens with zero attached hydrogens (tertiary/aromatic N) is 2. The maximum atomic E-state index is 6.07. The first-order chi connectivity index (χ1) is 8.86. The molecule has 1 unspecified atom stereocenters. The number of aromatic nitrogens is 2. The van der Waals surface area contributed by atoms with E-state index in [1.165, 1.54) is 25.7 Å². The molecule has 0 aromatic carbocycles. The molecular weight excluding hydrogens is 226 g/mol. The Labute approximate surface area is 109 Å². The molecule has 1 aromatic heterocycles. The van der Waals surface area contributed by atoms with Gasteiger partial charge in [0.1, 0.15) is 5.82 Å². The zero-order valence-corrected chi connectivity index (χ0v) is 10.9. The van der Waals surface area contributed by atoms with E-state index >= 15 is 0 Å². The van der Waals surface area contributed by atoms with E-state index in [0.717, 1.165) is 37.8 Å². The third-order valence-corrected chi connectivity index (χ3v) is 3.64. The molecule has 2 heterocycles. The van der Waals surface area contributed by atoms with E-state index in [1.54, 1.807) is 12.4 Å². The molecule has 4 heteroatoms. The largest absolute Gasteiger partial charge is 0.381 e. The van der Waals surface area contributed by atoms with Gasteiger partial charge in [0.05, 0.1) is 6.04 Å². The van der Waals surface area contributed by atoms with Crippen molar-refractivity contribution in [2.75, 3.05) is 13.2 Å². The highest BCUT2D eigenvalue weighted by Crippen LogP contribution is 2.22. The van der Waals surface area contributed by atoms with Gasteiger partial charge in [0.25, 0.3) is 0 Å². The summed E-state index contributed by atoms with van der Waals surface area (Å²) in [5, 5.41) is 0. The smallest absolute Gasteiger partial charge is 0.144 e. The summed E-state index contributed by atoms with van der Waals surface area (Å²) in [4.78, 5) is 8.39. The Morgan fingerprint density at radius 2 is 1.94 bits per heavy atom. The molecule has 1 saturated heterocycles. The summed E-state index contributed by atoms with van der Waals surface area (Å²) in [6.07, 6.45) is 10.7. The van der Waals surface area contributed by atoms with Crippen LogP contribution in [0.4, 0.5) is 0 Å². The van der Waals surface area contributed by atoms with Crippen molar-refractivity contribution in [2.45, 2.75) is 44.6 Å². The van der Waals surface area contributed by atoms with E-state index in [0.29, 0.717) is 0 Å². The van der Waals surface area contributed by atoms with E-state index in [9.17, 15) is 0 Å². The topological polar surface area (TPSA) is 61.0 Å². The Bertz CT molecular complexity index is 325. The zero-order valence-electron chi connectivity index (χ0n) is 10.9. The van der Waals surface area contributed by atoms with Gasteiger partial charge in [-0.25, -0.2) is 9.97 Å². The summed E-state index contributed by atoms with van der Waals surface area (Å²) in [5.41, 5.74) is 6.07. The van der Waals surface area contributed by atoms with Crippen LogP contribution in [0.15, 0.2) is 18.5 Å². The highest BCUT2D eigenvalue weighted by Gasteiger charge is 2.14. The van der Waals surface area contributed by atoms with Crippen molar-refractivity contribution in [3.8, 4) is 0 Å². The molecule has 2 N–H and O–H groups in total. The van der Waals surface area contributed by atoms with Crippen molar-refractivity contribution in [1.82, 2.24) is 9.97 Å². The van der Waals surface area contributed by atoms with Gasteiger partial charge in [0.2, 0.25) is 0 Å². The molecule has 1 atom stereocenters. The summed E-state index contributed by atoms with van der Waals surface area (Å²) in [7, 11) is 0. The normalized spacial score (nSPS) is 18.7. The highest BCUT2D eigenvalue weighted by atomic mass is 16.5. The first-order valence-electron chi connectivity index (χ1n) is 6.96. The fourth-order valence-corrected chi connectivity index (χ4v) is 2.46.